The van der Waals surface area contributed by atoms with Crippen LogP contribution in [0.15, 0.2) is 0 Å². The van der Waals surface area contributed by atoms with E-state index in [4.69, 9.17) is 5.73 Å². The van der Waals surface area contributed by atoms with E-state index in [2.05, 4.69) is 12.2 Å². The summed E-state index contributed by atoms with van der Waals surface area (Å²) in [6.07, 6.45) is 10.1. The molecule has 0 aromatic heterocycles. The minimum atomic E-state index is 0.237. The molecule has 0 aliphatic heterocycles. The SMILES string of the molecule is CC1CCCCCC1NC(=O)CCCCCN. The maximum Gasteiger partial charge on any atom is 0.220 e. The Morgan fingerprint density at radius 2 is 1.94 bits per heavy atom. The Kier molecular flexibility index (Phi) is 7.25. The maximum absolute atomic E-state index is 11.8. The van der Waals surface area contributed by atoms with E-state index >= 15 is 0 Å². The summed E-state index contributed by atoms with van der Waals surface area (Å²) < 4.78 is 0. The first-order valence-corrected chi connectivity index (χ1v) is 7.23. The quantitative estimate of drug-likeness (QED) is 0.554. The lowest BCUT2D eigenvalue weighted by atomic mass is 9.97. The van der Waals surface area contributed by atoms with Crippen molar-refractivity contribution in [1.82, 2.24) is 5.32 Å². The molecule has 1 fully saturated rings. The Bertz CT molecular complexity index is 218. The van der Waals surface area contributed by atoms with Gasteiger partial charge in [-0.25, -0.2) is 0 Å². The van der Waals surface area contributed by atoms with Gasteiger partial charge in [-0.3, -0.25) is 4.79 Å². The summed E-state index contributed by atoms with van der Waals surface area (Å²) in [5, 5.41) is 3.22. The highest BCUT2D eigenvalue weighted by Crippen LogP contribution is 2.23. The third-order valence-electron chi connectivity index (χ3n) is 3.82. The summed E-state index contributed by atoms with van der Waals surface area (Å²) in [6.45, 7) is 3.01. The normalized spacial score (nSPS) is 25.3. The summed E-state index contributed by atoms with van der Waals surface area (Å²) in [6, 6.07) is 0.416. The minimum absolute atomic E-state index is 0.237. The van der Waals surface area contributed by atoms with Gasteiger partial charge in [0.25, 0.3) is 0 Å². The second kappa shape index (κ2) is 8.51. The van der Waals surface area contributed by atoms with Crippen molar-refractivity contribution in [1.29, 1.82) is 0 Å². The zero-order valence-electron chi connectivity index (χ0n) is 11.2. The number of rotatable bonds is 6. The largest absolute Gasteiger partial charge is 0.353 e. The summed E-state index contributed by atoms with van der Waals surface area (Å²) in [7, 11) is 0. The molecule has 0 saturated heterocycles. The van der Waals surface area contributed by atoms with Gasteiger partial charge >= 0.3 is 0 Å². The fraction of sp³-hybridized carbons (Fsp3) is 0.929. The molecule has 0 heterocycles. The van der Waals surface area contributed by atoms with E-state index in [0.717, 1.165) is 32.2 Å². The van der Waals surface area contributed by atoms with Gasteiger partial charge in [-0.05, 0) is 38.1 Å². The van der Waals surface area contributed by atoms with Gasteiger partial charge in [-0.1, -0.05) is 32.6 Å². The van der Waals surface area contributed by atoms with Crippen LogP contribution in [0.4, 0.5) is 0 Å². The molecule has 1 amide bonds. The Morgan fingerprint density at radius 1 is 1.18 bits per heavy atom. The van der Waals surface area contributed by atoms with Gasteiger partial charge in [0, 0.05) is 12.5 Å². The lowest BCUT2D eigenvalue weighted by molar-refractivity contribution is -0.122. The number of hydrogen-bond acceptors (Lipinski definition) is 2. The Balaban J connectivity index is 2.19. The smallest absolute Gasteiger partial charge is 0.220 e. The zero-order valence-corrected chi connectivity index (χ0v) is 11.2. The molecule has 3 heteroatoms. The number of amides is 1. The molecule has 2 atom stereocenters. The van der Waals surface area contributed by atoms with Gasteiger partial charge in [0.05, 0.1) is 0 Å². The van der Waals surface area contributed by atoms with Crippen LogP contribution in [-0.4, -0.2) is 18.5 Å². The predicted molar refractivity (Wildman–Crippen MR) is 71.7 cm³/mol. The molecule has 17 heavy (non-hydrogen) atoms. The number of carbonyl (C=O) groups excluding carboxylic acids is 1. The van der Waals surface area contributed by atoms with Gasteiger partial charge in [0.15, 0.2) is 0 Å². The molecule has 100 valence electrons. The van der Waals surface area contributed by atoms with Crippen LogP contribution in [0.1, 0.15) is 64.7 Å². The second-order valence-corrected chi connectivity index (χ2v) is 5.39. The Morgan fingerprint density at radius 3 is 2.71 bits per heavy atom. The molecular weight excluding hydrogens is 212 g/mol. The number of unbranched alkanes of at least 4 members (excludes halogenated alkanes) is 2. The van der Waals surface area contributed by atoms with E-state index in [1.165, 1.54) is 25.7 Å². The first kappa shape index (κ1) is 14.5. The molecule has 0 radical (unpaired) electrons. The second-order valence-electron chi connectivity index (χ2n) is 5.39. The lowest BCUT2D eigenvalue weighted by Crippen LogP contribution is -2.38. The first-order chi connectivity index (χ1) is 8.24. The predicted octanol–water partition coefficient (Wildman–Crippen LogP) is 2.59. The van der Waals surface area contributed by atoms with E-state index in [0.29, 0.717) is 18.4 Å². The molecule has 1 aliphatic carbocycles. The number of nitrogens with two attached hydrogens (primary N) is 1. The van der Waals surface area contributed by atoms with Crippen LogP contribution in [0.2, 0.25) is 0 Å². The van der Waals surface area contributed by atoms with Crippen molar-refractivity contribution >= 4 is 5.91 Å². The first-order valence-electron chi connectivity index (χ1n) is 7.23. The molecule has 2 unspecified atom stereocenters. The summed E-state index contributed by atoms with van der Waals surface area (Å²) in [4.78, 5) is 11.8. The van der Waals surface area contributed by atoms with Crippen molar-refractivity contribution in [3.63, 3.8) is 0 Å². The monoisotopic (exact) mass is 240 g/mol. The van der Waals surface area contributed by atoms with Gasteiger partial charge in [-0.15, -0.1) is 0 Å². The van der Waals surface area contributed by atoms with Gasteiger partial charge in [-0.2, -0.15) is 0 Å². The summed E-state index contributed by atoms with van der Waals surface area (Å²) in [5.41, 5.74) is 5.43. The molecule has 0 aromatic rings. The van der Waals surface area contributed by atoms with Crippen LogP contribution in [0.5, 0.6) is 0 Å². The van der Waals surface area contributed by atoms with Crippen LogP contribution >= 0.6 is 0 Å². The molecule has 1 aliphatic rings. The van der Waals surface area contributed by atoms with Crippen molar-refractivity contribution in [2.24, 2.45) is 11.7 Å². The minimum Gasteiger partial charge on any atom is -0.353 e. The number of nitrogens with one attached hydrogen (secondary N) is 1. The van der Waals surface area contributed by atoms with Crippen LogP contribution in [-0.2, 0) is 4.79 Å². The molecular formula is C14H28N2O. The third kappa shape index (κ3) is 6.06. The average molecular weight is 240 g/mol. The molecule has 3 N–H and O–H groups in total. The fourth-order valence-corrected chi connectivity index (χ4v) is 2.59. The van der Waals surface area contributed by atoms with Gasteiger partial charge < -0.3 is 11.1 Å². The molecule has 3 nitrogen and oxygen atoms in total. The molecule has 0 spiro atoms. The van der Waals surface area contributed by atoms with Crippen molar-refractivity contribution in [2.75, 3.05) is 6.54 Å². The van der Waals surface area contributed by atoms with Crippen LogP contribution < -0.4 is 11.1 Å². The molecule has 1 rings (SSSR count). The molecule has 1 saturated carbocycles. The average Bonchev–Trinajstić information content (AvgIpc) is 2.51. The van der Waals surface area contributed by atoms with Gasteiger partial charge in [0.2, 0.25) is 5.91 Å². The van der Waals surface area contributed by atoms with E-state index < -0.39 is 0 Å². The van der Waals surface area contributed by atoms with Gasteiger partial charge in [0.1, 0.15) is 0 Å². The van der Waals surface area contributed by atoms with E-state index in [1.807, 2.05) is 0 Å². The summed E-state index contributed by atoms with van der Waals surface area (Å²) in [5.74, 6) is 0.881. The van der Waals surface area contributed by atoms with E-state index in [9.17, 15) is 4.79 Å². The van der Waals surface area contributed by atoms with Crippen molar-refractivity contribution in [3.8, 4) is 0 Å². The molecule has 0 bridgehead atoms. The van der Waals surface area contributed by atoms with Crippen LogP contribution in [0.25, 0.3) is 0 Å². The number of carbonyl (C=O) groups is 1. The highest BCUT2D eigenvalue weighted by Gasteiger charge is 2.21. The Hall–Kier alpha value is -0.570. The Labute approximate surface area is 106 Å². The standard InChI is InChI=1S/C14H28N2O/c1-12-8-4-2-5-9-13(12)16-14(17)10-6-3-7-11-15/h12-13H,2-11,15H2,1H3,(H,16,17). The van der Waals surface area contributed by atoms with Crippen LogP contribution in [0.3, 0.4) is 0 Å². The summed E-state index contributed by atoms with van der Waals surface area (Å²) >= 11 is 0. The molecule has 0 aromatic carbocycles. The van der Waals surface area contributed by atoms with Crippen molar-refractivity contribution in [2.45, 2.75) is 70.8 Å². The maximum atomic E-state index is 11.8. The third-order valence-corrected chi connectivity index (χ3v) is 3.82. The van der Waals surface area contributed by atoms with E-state index in [-0.39, 0.29) is 5.91 Å². The topological polar surface area (TPSA) is 55.1 Å². The van der Waals surface area contributed by atoms with Crippen molar-refractivity contribution in [3.05, 3.63) is 0 Å². The lowest BCUT2D eigenvalue weighted by Gasteiger charge is -2.22. The zero-order chi connectivity index (χ0) is 12.5. The van der Waals surface area contributed by atoms with E-state index in [1.54, 1.807) is 0 Å². The highest BCUT2D eigenvalue weighted by molar-refractivity contribution is 5.76. The number of hydrogen-bond donors (Lipinski definition) is 2. The fourth-order valence-electron chi connectivity index (χ4n) is 2.59. The van der Waals surface area contributed by atoms with Crippen molar-refractivity contribution < 1.29 is 4.79 Å². The highest BCUT2D eigenvalue weighted by atomic mass is 16.1. The van der Waals surface area contributed by atoms with Crippen LogP contribution in [0, 0.1) is 5.92 Å².